The monoisotopic (exact) mass is 294 g/mol. The highest BCUT2D eigenvalue weighted by molar-refractivity contribution is 8.01. The lowest BCUT2D eigenvalue weighted by atomic mass is 10.2. The van der Waals surface area contributed by atoms with Gasteiger partial charge < -0.3 is 11.5 Å². The van der Waals surface area contributed by atoms with Gasteiger partial charge in [0.2, 0.25) is 0 Å². The van der Waals surface area contributed by atoms with Crippen LogP contribution in [0.15, 0.2) is 22.7 Å². The molecule has 106 valence electrons. The summed E-state index contributed by atoms with van der Waals surface area (Å²) in [5, 5.41) is 0. The zero-order chi connectivity index (χ0) is 14.8. The number of rotatable bonds is 2. The SMILES string of the molecule is CC(c1ccc(C(F)(F)F)nc1)=S(C)(=O)N=C(N)N. The van der Waals surface area contributed by atoms with Crippen molar-refractivity contribution in [3.63, 3.8) is 0 Å². The van der Waals surface area contributed by atoms with Gasteiger partial charge in [0, 0.05) is 22.9 Å². The molecule has 1 atom stereocenters. The number of halogens is 3. The van der Waals surface area contributed by atoms with Crippen LogP contribution in [0, 0.1) is 0 Å². The van der Waals surface area contributed by atoms with Crippen molar-refractivity contribution in [2.45, 2.75) is 13.1 Å². The third-order valence-corrected chi connectivity index (χ3v) is 4.24. The molecule has 1 aromatic heterocycles. The van der Waals surface area contributed by atoms with Gasteiger partial charge in [0.1, 0.15) is 5.69 Å². The van der Waals surface area contributed by atoms with Gasteiger partial charge in [-0.2, -0.15) is 17.6 Å². The quantitative estimate of drug-likeness (QED) is 0.364. The highest BCUT2D eigenvalue weighted by atomic mass is 32.2. The normalized spacial score (nSPS) is 14.6. The van der Waals surface area contributed by atoms with E-state index in [9.17, 15) is 17.4 Å². The lowest BCUT2D eigenvalue weighted by molar-refractivity contribution is -0.141. The molecule has 0 saturated carbocycles. The molecule has 4 N–H and O–H groups in total. The molecule has 0 spiro atoms. The molecule has 0 radical (unpaired) electrons. The number of guanidine groups is 1. The van der Waals surface area contributed by atoms with Crippen LogP contribution in [-0.2, 0) is 15.9 Å². The second kappa shape index (κ2) is 5.08. The number of hydrogen-bond acceptors (Lipinski definition) is 2. The van der Waals surface area contributed by atoms with Crippen LogP contribution in [0.2, 0.25) is 0 Å². The summed E-state index contributed by atoms with van der Waals surface area (Å²) in [6, 6.07) is 1.99. The van der Waals surface area contributed by atoms with Gasteiger partial charge in [-0.3, -0.25) is 4.98 Å². The molecule has 0 amide bonds. The summed E-state index contributed by atoms with van der Waals surface area (Å²) in [6.07, 6.45) is -2.23. The molecule has 5 nitrogen and oxygen atoms in total. The van der Waals surface area contributed by atoms with E-state index in [-0.39, 0.29) is 16.4 Å². The van der Waals surface area contributed by atoms with Gasteiger partial charge in [0.15, 0.2) is 5.96 Å². The molecule has 1 unspecified atom stereocenters. The molecule has 0 aliphatic heterocycles. The van der Waals surface area contributed by atoms with E-state index in [0.29, 0.717) is 0 Å². The molecule has 0 bridgehead atoms. The minimum absolute atomic E-state index is 0.252. The zero-order valence-electron chi connectivity index (χ0n) is 10.2. The molecular weight excluding hydrogens is 281 g/mol. The number of nitrogens with two attached hydrogens (primary N) is 2. The fourth-order valence-electron chi connectivity index (χ4n) is 1.26. The summed E-state index contributed by atoms with van der Waals surface area (Å²) < 4.78 is 52.8. The number of aromatic nitrogens is 1. The Labute approximate surface area is 108 Å². The largest absolute Gasteiger partial charge is 0.433 e. The number of hydrogen-bond donors (Lipinski definition) is 2. The van der Waals surface area contributed by atoms with Crippen LogP contribution in [0.25, 0.3) is 0 Å². The zero-order valence-corrected chi connectivity index (χ0v) is 11.0. The average Bonchev–Trinajstić information content (AvgIpc) is 2.25. The second-order valence-electron chi connectivity index (χ2n) is 3.80. The van der Waals surface area contributed by atoms with Gasteiger partial charge in [-0.25, -0.2) is 4.21 Å². The summed E-state index contributed by atoms with van der Waals surface area (Å²) in [6.45, 7) is 1.47. The summed E-state index contributed by atoms with van der Waals surface area (Å²) in [5.41, 5.74) is 9.56. The van der Waals surface area contributed by atoms with Crippen LogP contribution in [0.4, 0.5) is 13.2 Å². The van der Waals surface area contributed by atoms with E-state index in [1.807, 2.05) is 0 Å². The molecule has 9 heteroatoms. The third-order valence-electron chi connectivity index (χ3n) is 2.31. The van der Waals surface area contributed by atoms with Crippen molar-refractivity contribution < 1.29 is 17.4 Å². The Morgan fingerprint density at radius 3 is 2.32 bits per heavy atom. The second-order valence-corrected chi connectivity index (χ2v) is 6.20. The topological polar surface area (TPSA) is 94.4 Å². The smallest absolute Gasteiger partial charge is 0.369 e. The lowest BCUT2D eigenvalue weighted by Gasteiger charge is -2.09. The van der Waals surface area contributed by atoms with Gasteiger partial charge in [-0.15, -0.1) is 0 Å². The van der Waals surface area contributed by atoms with E-state index in [0.717, 1.165) is 12.3 Å². The van der Waals surface area contributed by atoms with Gasteiger partial charge in [-0.05, 0) is 13.0 Å². The van der Waals surface area contributed by atoms with Gasteiger partial charge in [0.25, 0.3) is 0 Å². The maximum Gasteiger partial charge on any atom is 0.433 e. The molecule has 1 heterocycles. The van der Waals surface area contributed by atoms with E-state index >= 15 is 0 Å². The minimum atomic E-state index is -4.51. The Kier molecular flexibility index (Phi) is 4.09. The highest BCUT2D eigenvalue weighted by Gasteiger charge is 2.32. The highest BCUT2D eigenvalue weighted by Crippen LogP contribution is 2.27. The molecule has 19 heavy (non-hydrogen) atoms. The minimum Gasteiger partial charge on any atom is -0.369 e. The molecular formula is C10H13F3N4OS. The summed E-state index contributed by atoms with van der Waals surface area (Å²) in [4.78, 5) is 3.53. The van der Waals surface area contributed by atoms with Crippen molar-refractivity contribution in [3.8, 4) is 0 Å². The van der Waals surface area contributed by atoms with Crippen LogP contribution in [0.1, 0.15) is 18.2 Å². The van der Waals surface area contributed by atoms with Crippen LogP contribution in [-0.4, -0.2) is 26.3 Å². The Bertz CT molecular complexity index is 609. The summed E-state index contributed by atoms with van der Waals surface area (Å²) in [5.74, 6) is -0.355. The molecule has 0 aromatic carbocycles. The molecule has 0 saturated heterocycles. The van der Waals surface area contributed by atoms with E-state index < -0.39 is 21.6 Å². The predicted octanol–water partition coefficient (Wildman–Crippen LogP) is 0.743. The van der Waals surface area contributed by atoms with E-state index in [1.165, 1.54) is 19.2 Å². The van der Waals surface area contributed by atoms with Crippen LogP contribution < -0.4 is 11.5 Å². The van der Waals surface area contributed by atoms with Crippen LogP contribution >= 0.6 is 0 Å². The third kappa shape index (κ3) is 3.85. The maximum absolute atomic E-state index is 12.3. The number of nitrogens with zero attached hydrogens (tertiary/aromatic N) is 2. The van der Waals surface area contributed by atoms with Crippen LogP contribution in [0.5, 0.6) is 0 Å². The first-order valence-corrected chi connectivity index (χ1v) is 6.93. The Morgan fingerprint density at radius 2 is 1.95 bits per heavy atom. The van der Waals surface area contributed by atoms with Crippen molar-refractivity contribution in [1.29, 1.82) is 0 Å². The first kappa shape index (κ1) is 15.3. The molecule has 1 rings (SSSR count). The van der Waals surface area contributed by atoms with Crippen molar-refractivity contribution >= 4 is 20.5 Å². The number of pyridine rings is 1. The number of alkyl halides is 3. The molecule has 0 aliphatic rings. The van der Waals surface area contributed by atoms with Crippen molar-refractivity contribution in [2.75, 3.05) is 6.26 Å². The average molecular weight is 294 g/mol. The van der Waals surface area contributed by atoms with Crippen molar-refractivity contribution in [2.24, 2.45) is 15.9 Å². The Morgan fingerprint density at radius 1 is 1.37 bits per heavy atom. The maximum atomic E-state index is 12.3. The lowest BCUT2D eigenvalue weighted by Crippen LogP contribution is -2.25. The van der Waals surface area contributed by atoms with Gasteiger partial charge >= 0.3 is 6.18 Å². The van der Waals surface area contributed by atoms with E-state index in [2.05, 4.69) is 9.38 Å². The Hall–Kier alpha value is -1.77. The first-order valence-electron chi connectivity index (χ1n) is 5.01. The predicted molar refractivity (Wildman–Crippen MR) is 68.9 cm³/mol. The van der Waals surface area contributed by atoms with Crippen LogP contribution in [0.3, 0.4) is 0 Å². The Balaban J connectivity index is 3.30. The summed E-state index contributed by atoms with van der Waals surface area (Å²) in [7, 11) is -2.88. The first-order chi connectivity index (χ1) is 8.54. The summed E-state index contributed by atoms with van der Waals surface area (Å²) >= 11 is 0. The van der Waals surface area contributed by atoms with Crippen molar-refractivity contribution in [3.05, 3.63) is 29.6 Å². The van der Waals surface area contributed by atoms with Gasteiger partial charge in [0.05, 0.1) is 9.71 Å². The molecule has 0 aliphatic carbocycles. The van der Waals surface area contributed by atoms with E-state index in [1.54, 1.807) is 0 Å². The molecule has 1 aromatic rings. The van der Waals surface area contributed by atoms with Gasteiger partial charge in [-0.1, -0.05) is 6.07 Å². The fraction of sp³-hybridized carbons (Fsp3) is 0.300. The van der Waals surface area contributed by atoms with Crippen molar-refractivity contribution in [1.82, 2.24) is 4.98 Å². The van der Waals surface area contributed by atoms with E-state index in [4.69, 9.17) is 11.5 Å². The molecule has 0 fully saturated rings. The standard InChI is InChI=1S/C10H13F3N4OS/c1-6(19(2,18)17-9(14)15)7-3-4-8(16-5-7)10(11,12)13/h3-5H,1-2H3,(H4,14,15,17,18). The fourth-order valence-corrected chi connectivity index (χ4v) is 2.36.